The third-order valence-corrected chi connectivity index (χ3v) is 5.57. The van der Waals surface area contributed by atoms with Crippen LogP contribution in [0.4, 0.5) is 5.82 Å². The Morgan fingerprint density at radius 1 is 1.10 bits per heavy atom. The molecular weight excluding hydrogens is 380 g/mol. The molecule has 0 radical (unpaired) electrons. The maximum Gasteiger partial charge on any atom is 0.165 e. The monoisotopic (exact) mass is 404 g/mol. The Kier molecular flexibility index (Phi) is 4.61. The van der Waals surface area contributed by atoms with Gasteiger partial charge in [0.15, 0.2) is 17.0 Å². The number of aromatic nitrogens is 9. The van der Waals surface area contributed by atoms with E-state index < -0.39 is 0 Å². The van der Waals surface area contributed by atoms with Crippen LogP contribution >= 0.6 is 0 Å². The molecule has 4 aromatic heterocycles. The van der Waals surface area contributed by atoms with E-state index in [1.165, 1.54) is 0 Å². The van der Waals surface area contributed by atoms with Crippen molar-refractivity contribution in [2.24, 2.45) is 0 Å². The van der Waals surface area contributed by atoms with Crippen LogP contribution in [-0.4, -0.2) is 50.3 Å². The molecule has 0 fully saturated rings. The zero-order valence-electron chi connectivity index (χ0n) is 17.4. The molecule has 1 unspecified atom stereocenters. The molecule has 0 aromatic carbocycles. The summed E-state index contributed by atoms with van der Waals surface area (Å²) in [5.74, 6) is 4.38. The Hall–Kier alpha value is -3.43. The van der Waals surface area contributed by atoms with Gasteiger partial charge in [0.1, 0.15) is 29.6 Å². The van der Waals surface area contributed by atoms with E-state index in [0.29, 0.717) is 0 Å². The molecule has 10 heteroatoms. The van der Waals surface area contributed by atoms with Crippen LogP contribution < -0.4 is 5.32 Å². The quantitative estimate of drug-likeness (QED) is 0.539. The van der Waals surface area contributed by atoms with Crippen LogP contribution in [-0.2, 0) is 25.9 Å². The fraction of sp³-hybridized carbons (Fsp3) is 0.450. The zero-order valence-corrected chi connectivity index (χ0v) is 17.4. The largest absolute Gasteiger partial charge is 0.364 e. The van der Waals surface area contributed by atoms with E-state index in [2.05, 4.69) is 58.4 Å². The van der Waals surface area contributed by atoms with Crippen molar-refractivity contribution >= 4 is 17.0 Å². The number of nitrogens with one attached hydrogen (secondary N) is 1. The Morgan fingerprint density at radius 3 is 2.70 bits per heavy atom. The van der Waals surface area contributed by atoms with Crippen molar-refractivity contribution in [2.75, 3.05) is 5.32 Å². The van der Waals surface area contributed by atoms with Gasteiger partial charge >= 0.3 is 0 Å². The number of anilines is 1. The van der Waals surface area contributed by atoms with Gasteiger partial charge < -0.3 is 14.5 Å². The van der Waals surface area contributed by atoms with Crippen molar-refractivity contribution in [3.63, 3.8) is 0 Å². The van der Waals surface area contributed by atoms with E-state index in [4.69, 9.17) is 4.98 Å². The predicted octanol–water partition coefficient (Wildman–Crippen LogP) is 2.19. The number of hydrogen-bond donors (Lipinski definition) is 1. The molecule has 1 N–H and O–H groups in total. The third-order valence-electron chi connectivity index (χ3n) is 5.57. The normalized spacial score (nSPS) is 16.0. The standard InChI is InChI=1S/C20H24N10/c1-4-15-27-28-16-7-6-14(10-30(15)16)25-18-17-20(24-11-23-18)29(5-2)19(26-17)13-8-21-12(3)22-9-13/h8-9,11,14H,4-7,10H2,1-3H3,(H,23,24,25). The Bertz CT molecular complexity index is 1180. The minimum Gasteiger partial charge on any atom is -0.364 e. The van der Waals surface area contributed by atoms with Crippen molar-refractivity contribution in [1.82, 2.24) is 44.3 Å². The first kappa shape index (κ1) is 18.6. The van der Waals surface area contributed by atoms with Crippen LogP contribution in [0.5, 0.6) is 0 Å². The highest BCUT2D eigenvalue weighted by molar-refractivity contribution is 5.86. The minimum absolute atomic E-state index is 0.231. The average molecular weight is 404 g/mol. The number of hydrogen-bond acceptors (Lipinski definition) is 8. The van der Waals surface area contributed by atoms with Crippen molar-refractivity contribution in [3.8, 4) is 11.4 Å². The summed E-state index contributed by atoms with van der Waals surface area (Å²) in [5, 5.41) is 12.2. The van der Waals surface area contributed by atoms with E-state index in [0.717, 1.165) is 78.2 Å². The fourth-order valence-electron chi connectivity index (χ4n) is 4.03. The molecule has 1 aliphatic heterocycles. The molecule has 0 amide bonds. The highest BCUT2D eigenvalue weighted by Gasteiger charge is 2.24. The second-order valence-electron chi connectivity index (χ2n) is 7.47. The molecule has 4 aromatic rings. The minimum atomic E-state index is 0.231. The van der Waals surface area contributed by atoms with Gasteiger partial charge in [0.25, 0.3) is 0 Å². The first-order valence-corrected chi connectivity index (χ1v) is 10.4. The highest BCUT2D eigenvalue weighted by Crippen LogP contribution is 2.27. The second kappa shape index (κ2) is 7.43. The summed E-state index contributed by atoms with van der Waals surface area (Å²) in [6, 6.07) is 0.231. The maximum atomic E-state index is 4.88. The Labute approximate surface area is 173 Å². The lowest BCUT2D eigenvalue weighted by Gasteiger charge is -2.25. The van der Waals surface area contributed by atoms with Crippen LogP contribution in [0.15, 0.2) is 18.7 Å². The zero-order chi connectivity index (χ0) is 20.7. The summed E-state index contributed by atoms with van der Waals surface area (Å²) in [4.78, 5) is 22.5. The lowest BCUT2D eigenvalue weighted by Crippen LogP contribution is -2.32. The van der Waals surface area contributed by atoms with E-state index in [1.807, 2.05) is 6.92 Å². The van der Waals surface area contributed by atoms with Gasteiger partial charge in [0.05, 0.1) is 5.56 Å². The molecule has 0 aliphatic carbocycles. The van der Waals surface area contributed by atoms with Crippen molar-refractivity contribution < 1.29 is 0 Å². The molecule has 5 heterocycles. The third kappa shape index (κ3) is 3.08. The molecule has 0 spiro atoms. The van der Waals surface area contributed by atoms with Gasteiger partial charge in [-0.25, -0.2) is 24.9 Å². The second-order valence-corrected chi connectivity index (χ2v) is 7.47. The van der Waals surface area contributed by atoms with E-state index in [1.54, 1.807) is 18.7 Å². The lowest BCUT2D eigenvalue weighted by atomic mass is 10.1. The molecule has 0 saturated heterocycles. The first-order valence-electron chi connectivity index (χ1n) is 10.4. The predicted molar refractivity (Wildman–Crippen MR) is 112 cm³/mol. The summed E-state index contributed by atoms with van der Waals surface area (Å²) in [6.45, 7) is 7.62. The summed E-state index contributed by atoms with van der Waals surface area (Å²) in [5.41, 5.74) is 2.44. The Morgan fingerprint density at radius 2 is 1.93 bits per heavy atom. The lowest BCUT2D eigenvalue weighted by molar-refractivity contribution is 0.465. The van der Waals surface area contributed by atoms with Gasteiger partial charge in [-0.15, -0.1) is 10.2 Å². The van der Waals surface area contributed by atoms with Crippen molar-refractivity contribution in [3.05, 3.63) is 36.2 Å². The molecular formula is C20H24N10. The van der Waals surface area contributed by atoms with Gasteiger partial charge in [-0.05, 0) is 20.3 Å². The molecule has 30 heavy (non-hydrogen) atoms. The number of aryl methyl sites for hydroxylation is 4. The smallest absolute Gasteiger partial charge is 0.165 e. The molecule has 0 bridgehead atoms. The highest BCUT2D eigenvalue weighted by atomic mass is 15.3. The van der Waals surface area contributed by atoms with Gasteiger partial charge in [-0.1, -0.05) is 6.92 Å². The molecule has 154 valence electrons. The molecule has 1 atom stereocenters. The Balaban J connectivity index is 1.50. The van der Waals surface area contributed by atoms with Crippen molar-refractivity contribution in [1.29, 1.82) is 0 Å². The molecule has 1 aliphatic rings. The van der Waals surface area contributed by atoms with E-state index >= 15 is 0 Å². The maximum absolute atomic E-state index is 4.88. The summed E-state index contributed by atoms with van der Waals surface area (Å²) < 4.78 is 4.30. The molecule has 10 nitrogen and oxygen atoms in total. The molecule has 5 rings (SSSR count). The number of fused-ring (bicyclic) bond motifs is 2. The number of rotatable bonds is 5. The van der Waals surface area contributed by atoms with Gasteiger partial charge in [-0.2, -0.15) is 0 Å². The summed E-state index contributed by atoms with van der Waals surface area (Å²) in [7, 11) is 0. The SMILES string of the molecule is CCc1nnc2n1CC(Nc1ncnc3c1nc(-c1cnc(C)nc1)n3CC)CC2. The number of nitrogens with zero attached hydrogens (tertiary/aromatic N) is 9. The van der Waals surface area contributed by atoms with Crippen LogP contribution in [0, 0.1) is 6.92 Å². The van der Waals surface area contributed by atoms with Crippen LogP contribution in [0.2, 0.25) is 0 Å². The van der Waals surface area contributed by atoms with Crippen molar-refractivity contribution in [2.45, 2.75) is 59.2 Å². The van der Waals surface area contributed by atoms with E-state index in [9.17, 15) is 0 Å². The molecule has 0 saturated carbocycles. The first-order chi connectivity index (χ1) is 14.7. The number of imidazole rings is 1. The van der Waals surface area contributed by atoms with Gasteiger partial charge in [0.2, 0.25) is 0 Å². The van der Waals surface area contributed by atoms with Crippen LogP contribution in [0.1, 0.15) is 37.7 Å². The average Bonchev–Trinajstić information content (AvgIpc) is 3.35. The fourth-order valence-corrected chi connectivity index (χ4v) is 4.03. The van der Waals surface area contributed by atoms with E-state index in [-0.39, 0.29) is 6.04 Å². The van der Waals surface area contributed by atoms with Crippen LogP contribution in [0.3, 0.4) is 0 Å². The summed E-state index contributed by atoms with van der Waals surface area (Å²) >= 11 is 0. The topological polar surface area (TPSA) is 112 Å². The van der Waals surface area contributed by atoms with Gasteiger partial charge in [0, 0.05) is 44.4 Å². The van der Waals surface area contributed by atoms with Gasteiger partial charge in [-0.3, -0.25) is 0 Å². The summed E-state index contributed by atoms with van der Waals surface area (Å²) in [6.07, 6.45) is 7.95. The van der Waals surface area contributed by atoms with Crippen LogP contribution in [0.25, 0.3) is 22.6 Å².